The van der Waals surface area contributed by atoms with Gasteiger partial charge in [-0.1, -0.05) is 79.9 Å². The average Bonchev–Trinajstić information content (AvgIpc) is 3.27. The minimum Gasteiger partial charge on any atom is -0.480 e. The van der Waals surface area contributed by atoms with Crippen LogP contribution >= 0.6 is 11.6 Å². The van der Waals surface area contributed by atoms with Crippen molar-refractivity contribution in [3.63, 3.8) is 0 Å². The van der Waals surface area contributed by atoms with Crippen molar-refractivity contribution in [3.05, 3.63) is 88.5 Å². The Kier molecular flexibility index (Phi) is 8.66. The summed E-state index contributed by atoms with van der Waals surface area (Å²) < 4.78 is 0. The number of halogens is 1. The maximum atomic E-state index is 12.9. The lowest BCUT2D eigenvalue weighted by Crippen LogP contribution is -2.44. The maximum absolute atomic E-state index is 12.9. The van der Waals surface area contributed by atoms with Crippen LogP contribution in [-0.2, 0) is 22.4 Å². The Balaban J connectivity index is 1.74. The van der Waals surface area contributed by atoms with E-state index in [-0.39, 0.29) is 24.7 Å². The quantitative estimate of drug-likeness (QED) is 0.411. The van der Waals surface area contributed by atoms with E-state index in [1.165, 1.54) is 11.9 Å². The number of aromatic nitrogens is 2. The molecule has 2 aromatic carbocycles. The van der Waals surface area contributed by atoms with Crippen molar-refractivity contribution in [1.29, 1.82) is 0 Å². The number of rotatable bonds is 11. The van der Waals surface area contributed by atoms with Gasteiger partial charge in [0, 0.05) is 36.3 Å². The van der Waals surface area contributed by atoms with Gasteiger partial charge in [-0.05, 0) is 23.6 Å². The summed E-state index contributed by atoms with van der Waals surface area (Å²) in [6.07, 6.45) is 4.91. The molecule has 0 saturated carbocycles. The van der Waals surface area contributed by atoms with Crippen molar-refractivity contribution in [3.8, 4) is 0 Å². The summed E-state index contributed by atoms with van der Waals surface area (Å²) >= 11 is 6.45. The number of nitrogens with one attached hydrogen (secondary N) is 1. The van der Waals surface area contributed by atoms with Gasteiger partial charge in [0.25, 0.3) is 0 Å². The third-order valence-corrected chi connectivity index (χ3v) is 6.21. The van der Waals surface area contributed by atoms with Crippen molar-refractivity contribution in [2.24, 2.45) is 0 Å². The van der Waals surface area contributed by atoms with Gasteiger partial charge in [0.2, 0.25) is 5.91 Å². The standard InChI is InChI=1S/C26H30ClN3O3/c1-3-4-12-21(20-13-8-9-14-22(20)27)25-28-17-19(29-25)16-24(31)30(2)23(26(32)33)15-18-10-6-5-7-11-18/h5-11,13-14,17,21,23H,3-4,12,15-16H2,1-2H3,(H,28,29)(H,32,33)/t21?,23-/m0/s1. The first-order chi connectivity index (χ1) is 15.9. The number of aliphatic carboxylic acids is 1. The van der Waals surface area contributed by atoms with Crippen molar-refractivity contribution in [1.82, 2.24) is 14.9 Å². The molecule has 0 aliphatic rings. The Hall–Kier alpha value is -3.12. The van der Waals surface area contributed by atoms with Crippen LogP contribution in [0.1, 0.15) is 54.7 Å². The number of carboxylic acids is 1. The van der Waals surface area contributed by atoms with Crippen LogP contribution in [0.5, 0.6) is 0 Å². The summed E-state index contributed by atoms with van der Waals surface area (Å²) in [6.45, 7) is 2.14. The molecule has 0 bridgehead atoms. The number of hydrogen-bond donors (Lipinski definition) is 2. The first-order valence-corrected chi connectivity index (χ1v) is 11.6. The molecule has 3 rings (SSSR count). The molecule has 1 heterocycles. The molecule has 0 fully saturated rings. The van der Waals surface area contributed by atoms with Crippen LogP contribution in [0.2, 0.25) is 5.02 Å². The topological polar surface area (TPSA) is 86.3 Å². The second-order valence-corrected chi connectivity index (χ2v) is 8.64. The first kappa shape index (κ1) is 24.5. The predicted molar refractivity (Wildman–Crippen MR) is 129 cm³/mol. The molecule has 2 N–H and O–H groups in total. The van der Waals surface area contributed by atoms with E-state index in [1.54, 1.807) is 6.20 Å². The van der Waals surface area contributed by atoms with Crippen LogP contribution in [0, 0.1) is 0 Å². The summed E-state index contributed by atoms with van der Waals surface area (Å²) in [4.78, 5) is 33.9. The Morgan fingerprint density at radius 1 is 1.12 bits per heavy atom. The van der Waals surface area contributed by atoms with Crippen molar-refractivity contribution in [2.45, 2.75) is 51.0 Å². The number of aromatic amines is 1. The SMILES string of the molecule is CCCCC(c1ncc(CC(=O)N(C)[C@@H](Cc2ccccc2)C(=O)O)[nH]1)c1ccccc1Cl. The van der Waals surface area contributed by atoms with Crippen LogP contribution in [0.15, 0.2) is 60.8 Å². The van der Waals surface area contributed by atoms with Crippen LogP contribution in [0.3, 0.4) is 0 Å². The largest absolute Gasteiger partial charge is 0.480 e. The average molecular weight is 468 g/mol. The molecule has 0 spiro atoms. The van der Waals surface area contributed by atoms with E-state index in [0.717, 1.165) is 36.2 Å². The first-order valence-electron chi connectivity index (χ1n) is 11.2. The number of benzene rings is 2. The number of H-pyrrole nitrogens is 1. The van der Waals surface area contributed by atoms with Gasteiger partial charge in [-0.2, -0.15) is 0 Å². The molecule has 1 amide bonds. The zero-order chi connectivity index (χ0) is 23.8. The molecule has 7 heteroatoms. The van der Waals surface area contributed by atoms with Gasteiger partial charge in [-0.15, -0.1) is 0 Å². The molecule has 0 saturated heterocycles. The molecule has 174 valence electrons. The number of unbranched alkanes of at least 4 members (excludes halogenated alkanes) is 1. The van der Waals surface area contributed by atoms with Gasteiger partial charge < -0.3 is 15.0 Å². The molecule has 0 aliphatic carbocycles. The van der Waals surface area contributed by atoms with Crippen LogP contribution < -0.4 is 0 Å². The molecule has 0 radical (unpaired) electrons. The third-order valence-electron chi connectivity index (χ3n) is 5.86. The Morgan fingerprint density at radius 3 is 2.48 bits per heavy atom. The number of likely N-dealkylation sites (N-methyl/N-ethyl adjacent to an activating group) is 1. The summed E-state index contributed by atoms with van der Waals surface area (Å²) in [6, 6.07) is 16.1. The van der Waals surface area contributed by atoms with E-state index in [1.807, 2.05) is 54.6 Å². The number of imidazole rings is 1. The van der Waals surface area contributed by atoms with Crippen molar-refractivity contribution < 1.29 is 14.7 Å². The highest BCUT2D eigenvalue weighted by molar-refractivity contribution is 6.31. The molecule has 6 nitrogen and oxygen atoms in total. The van der Waals surface area contributed by atoms with Crippen LogP contribution in [0.4, 0.5) is 0 Å². The molecule has 0 aliphatic heterocycles. The zero-order valence-electron chi connectivity index (χ0n) is 19.0. The van der Waals surface area contributed by atoms with Gasteiger partial charge in [-0.25, -0.2) is 9.78 Å². The summed E-state index contributed by atoms with van der Waals surface area (Å²) in [7, 11) is 1.54. The van der Waals surface area contributed by atoms with Crippen LogP contribution in [-0.4, -0.2) is 44.9 Å². The number of nitrogens with zero attached hydrogens (tertiary/aromatic N) is 2. The number of carboxylic acid groups (broad SMARTS) is 1. The smallest absolute Gasteiger partial charge is 0.326 e. The van der Waals surface area contributed by atoms with E-state index in [4.69, 9.17) is 11.6 Å². The minimum absolute atomic E-state index is 0.00470. The van der Waals surface area contributed by atoms with Gasteiger partial charge in [0.1, 0.15) is 11.9 Å². The van der Waals surface area contributed by atoms with Crippen molar-refractivity contribution in [2.75, 3.05) is 7.05 Å². The lowest BCUT2D eigenvalue weighted by molar-refractivity contribution is -0.148. The van der Waals surface area contributed by atoms with Gasteiger partial charge in [0.15, 0.2) is 0 Å². The fraction of sp³-hybridized carbons (Fsp3) is 0.346. The van der Waals surface area contributed by atoms with Crippen molar-refractivity contribution >= 4 is 23.5 Å². The Labute approximate surface area is 199 Å². The number of carbonyl (C=O) groups is 2. The fourth-order valence-corrected chi connectivity index (χ4v) is 4.21. The second kappa shape index (κ2) is 11.7. The zero-order valence-corrected chi connectivity index (χ0v) is 19.8. The number of carbonyl (C=O) groups excluding carboxylic acids is 1. The summed E-state index contributed by atoms with van der Waals surface area (Å²) in [5, 5.41) is 10.4. The van der Waals surface area contributed by atoms with E-state index in [2.05, 4.69) is 16.9 Å². The molecule has 2 atom stereocenters. The normalized spacial score (nSPS) is 12.8. The third kappa shape index (κ3) is 6.45. The maximum Gasteiger partial charge on any atom is 0.326 e. The Bertz CT molecular complexity index is 1070. The number of hydrogen-bond acceptors (Lipinski definition) is 3. The summed E-state index contributed by atoms with van der Waals surface area (Å²) in [5.41, 5.74) is 2.52. The van der Waals surface area contributed by atoms with E-state index >= 15 is 0 Å². The lowest BCUT2D eigenvalue weighted by Gasteiger charge is -2.25. The van der Waals surface area contributed by atoms with E-state index in [9.17, 15) is 14.7 Å². The predicted octanol–water partition coefficient (Wildman–Crippen LogP) is 5.08. The summed E-state index contributed by atoms with van der Waals surface area (Å²) in [5.74, 6) is -0.541. The monoisotopic (exact) mass is 467 g/mol. The molecule has 1 unspecified atom stereocenters. The van der Waals surface area contributed by atoms with Crippen LogP contribution in [0.25, 0.3) is 0 Å². The molecule has 1 aromatic heterocycles. The minimum atomic E-state index is -1.03. The van der Waals surface area contributed by atoms with Gasteiger partial charge in [-0.3, -0.25) is 4.79 Å². The highest BCUT2D eigenvalue weighted by atomic mass is 35.5. The second-order valence-electron chi connectivity index (χ2n) is 8.24. The Morgan fingerprint density at radius 2 is 1.82 bits per heavy atom. The lowest BCUT2D eigenvalue weighted by atomic mass is 9.93. The van der Waals surface area contributed by atoms with E-state index < -0.39 is 12.0 Å². The van der Waals surface area contributed by atoms with E-state index in [0.29, 0.717) is 10.7 Å². The molecule has 33 heavy (non-hydrogen) atoms. The highest BCUT2D eigenvalue weighted by Gasteiger charge is 2.27. The highest BCUT2D eigenvalue weighted by Crippen LogP contribution is 2.32. The molecular formula is C26H30ClN3O3. The van der Waals surface area contributed by atoms with Gasteiger partial charge >= 0.3 is 5.97 Å². The molecular weight excluding hydrogens is 438 g/mol. The molecule has 3 aromatic rings. The van der Waals surface area contributed by atoms with Gasteiger partial charge in [0.05, 0.1) is 6.42 Å². The number of amides is 1. The fourth-order valence-electron chi connectivity index (χ4n) is 3.94.